The summed E-state index contributed by atoms with van der Waals surface area (Å²) in [4.78, 5) is 0. The Labute approximate surface area is 126 Å². The molecule has 2 atom stereocenters. The summed E-state index contributed by atoms with van der Waals surface area (Å²) in [6, 6.07) is 6.16. The van der Waals surface area contributed by atoms with Crippen molar-refractivity contribution in [3.8, 4) is 11.5 Å². The molecule has 4 heteroatoms. The number of rotatable bonds is 6. The molecule has 0 aromatic heterocycles. The van der Waals surface area contributed by atoms with Gasteiger partial charge < -0.3 is 19.9 Å². The summed E-state index contributed by atoms with van der Waals surface area (Å²) >= 11 is 0. The van der Waals surface area contributed by atoms with Gasteiger partial charge in [0.15, 0.2) is 11.5 Å². The van der Waals surface area contributed by atoms with Crippen molar-refractivity contribution in [3.05, 3.63) is 23.8 Å². The van der Waals surface area contributed by atoms with Gasteiger partial charge in [-0.25, -0.2) is 0 Å². The lowest BCUT2D eigenvalue weighted by atomic mass is 9.77. The Kier molecular flexibility index (Phi) is 4.09. The molecule has 2 N–H and O–H groups in total. The summed E-state index contributed by atoms with van der Waals surface area (Å²) in [5.41, 5.74) is 1.10. The maximum absolute atomic E-state index is 9.72. The first-order chi connectivity index (χ1) is 10.2. The third-order valence-corrected chi connectivity index (χ3v) is 4.84. The smallest absolute Gasteiger partial charge is 0.161 e. The van der Waals surface area contributed by atoms with Gasteiger partial charge in [-0.2, -0.15) is 0 Å². The fourth-order valence-corrected chi connectivity index (χ4v) is 3.07. The lowest BCUT2D eigenvalue weighted by molar-refractivity contribution is 0.144. The van der Waals surface area contributed by atoms with Gasteiger partial charge >= 0.3 is 0 Å². The van der Waals surface area contributed by atoms with Crippen LogP contribution in [0.1, 0.15) is 31.2 Å². The van der Waals surface area contributed by atoms with Crippen LogP contribution in [0.2, 0.25) is 0 Å². The highest BCUT2D eigenvalue weighted by molar-refractivity contribution is 5.45. The summed E-state index contributed by atoms with van der Waals surface area (Å²) in [6.07, 6.45) is 2.55. The molecule has 2 aliphatic rings. The summed E-state index contributed by atoms with van der Waals surface area (Å²) in [5.74, 6) is 2.64. The van der Waals surface area contributed by atoms with Crippen LogP contribution in [0.4, 0.5) is 0 Å². The van der Waals surface area contributed by atoms with E-state index in [1.165, 1.54) is 18.4 Å². The molecule has 1 heterocycles. The standard InChI is InChI=1S/C17H25NO3/c1-17(11-19)10-18-8-14(17)13-5-6-15(20-2)16(7-13)21-9-12-3-4-12/h5-7,12,14,18-19H,3-4,8-11H2,1-2H3. The number of benzene rings is 1. The number of hydrogen-bond donors (Lipinski definition) is 2. The molecule has 1 aliphatic carbocycles. The summed E-state index contributed by atoms with van der Waals surface area (Å²) < 4.78 is 11.4. The molecule has 0 radical (unpaired) electrons. The zero-order valence-corrected chi connectivity index (χ0v) is 12.9. The van der Waals surface area contributed by atoms with Crippen molar-refractivity contribution in [2.24, 2.45) is 11.3 Å². The molecule has 3 rings (SSSR count). The number of aliphatic hydroxyl groups excluding tert-OH is 1. The van der Waals surface area contributed by atoms with Crippen LogP contribution in [0.25, 0.3) is 0 Å². The third-order valence-electron chi connectivity index (χ3n) is 4.84. The van der Waals surface area contributed by atoms with E-state index in [0.717, 1.165) is 31.2 Å². The monoisotopic (exact) mass is 291 g/mol. The van der Waals surface area contributed by atoms with E-state index in [9.17, 15) is 5.11 Å². The zero-order valence-electron chi connectivity index (χ0n) is 12.9. The molecule has 0 spiro atoms. The highest BCUT2D eigenvalue weighted by Crippen LogP contribution is 2.41. The highest BCUT2D eigenvalue weighted by Gasteiger charge is 2.39. The quantitative estimate of drug-likeness (QED) is 0.843. The Hall–Kier alpha value is -1.26. The number of nitrogens with one attached hydrogen (secondary N) is 1. The molecule has 2 fully saturated rings. The van der Waals surface area contributed by atoms with E-state index in [1.54, 1.807) is 7.11 Å². The van der Waals surface area contributed by atoms with Crippen LogP contribution in [-0.4, -0.2) is 38.5 Å². The number of methoxy groups -OCH3 is 1. The summed E-state index contributed by atoms with van der Waals surface area (Å²) in [6.45, 7) is 4.84. The van der Waals surface area contributed by atoms with Crippen LogP contribution in [0.5, 0.6) is 11.5 Å². The molecule has 1 aromatic carbocycles. The lowest BCUT2D eigenvalue weighted by Gasteiger charge is -2.29. The predicted molar refractivity (Wildman–Crippen MR) is 82.0 cm³/mol. The predicted octanol–water partition coefficient (Wildman–Crippen LogP) is 2.17. The van der Waals surface area contributed by atoms with Crippen molar-refractivity contribution in [1.82, 2.24) is 5.32 Å². The van der Waals surface area contributed by atoms with Gasteiger partial charge in [0.2, 0.25) is 0 Å². The molecule has 1 aromatic rings. The summed E-state index contributed by atoms with van der Waals surface area (Å²) in [5, 5.41) is 13.1. The van der Waals surface area contributed by atoms with Gasteiger partial charge in [-0.1, -0.05) is 13.0 Å². The molecule has 1 saturated carbocycles. The average molecular weight is 291 g/mol. The molecule has 1 aliphatic heterocycles. The van der Waals surface area contributed by atoms with Crippen LogP contribution in [0.15, 0.2) is 18.2 Å². The fourth-order valence-electron chi connectivity index (χ4n) is 3.07. The number of hydrogen-bond acceptors (Lipinski definition) is 4. The minimum absolute atomic E-state index is 0.109. The topological polar surface area (TPSA) is 50.7 Å². The van der Waals surface area contributed by atoms with E-state index in [2.05, 4.69) is 24.4 Å². The minimum Gasteiger partial charge on any atom is -0.493 e. The summed E-state index contributed by atoms with van der Waals surface area (Å²) in [7, 11) is 1.67. The van der Waals surface area contributed by atoms with E-state index in [4.69, 9.17) is 9.47 Å². The van der Waals surface area contributed by atoms with Crippen LogP contribution in [0.3, 0.4) is 0 Å². The van der Waals surface area contributed by atoms with E-state index >= 15 is 0 Å². The van der Waals surface area contributed by atoms with E-state index in [1.807, 2.05) is 6.07 Å². The highest BCUT2D eigenvalue weighted by atomic mass is 16.5. The van der Waals surface area contributed by atoms with Gasteiger partial charge in [0.25, 0.3) is 0 Å². The van der Waals surface area contributed by atoms with Crippen molar-refractivity contribution in [2.75, 3.05) is 33.4 Å². The SMILES string of the molecule is COc1ccc(C2CNCC2(C)CO)cc1OCC1CC1. The molecular weight excluding hydrogens is 266 g/mol. The largest absolute Gasteiger partial charge is 0.493 e. The molecule has 116 valence electrons. The molecule has 0 bridgehead atoms. The molecule has 4 nitrogen and oxygen atoms in total. The maximum atomic E-state index is 9.72. The molecule has 1 saturated heterocycles. The second-order valence-electron chi connectivity index (χ2n) is 6.66. The van der Waals surface area contributed by atoms with E-state index in [0.29, 0.717) is 11.8 Å². The molecule has 2 unspecified atom stereocenters. The Morgan fingerprint density at radius 1 is 1.33 bits per heavy atom. The average Bonchev–Trinajstić information content (AvgIpc) is 3.26. The van der Waals surface area contributed by atoms with E-state index in [-0.39, 0.29) is 12.0 Å². The van der Waals surface area contributed by atoms with Crippen molar-refractivity contribution in [2.45, 2.75) is 25.7 Å². The second kappa shape index (κ2) is 5.85. The fraction of sp³-hybridized carbons (Fsp3) is 0.647. The van der Waals surface area contributed by atoms with Crippen molar-refractivity contribution in [3.63, 3.8) is 0 Å². The first kappa shape index (κ1) is 14.7. The van der Waals surface area contributed by atoms with Gasteiger partial charge in [-0.15, -0.1) is 0 Å². The van der Waals surface area contributed by atoms with Gasteiger partial charge in [-0.3, -0.25) is 0 Å². The van der Waals surface area contributed by atoms with Gasteiger partial charge in [0, 0.05) is 24.4 Å². The van der Waals surface area contributed by atoms with Gasteiger partial charge in [0.1, 0.15) is 0 Å². The molecule has 0 amide bonds. The van der Waals surface area contributed by atoms with Crippen molar-refractivity contribution in [1.29, 1.82) is 0 Å². The van der Waals surface area contributed by atoms with Crippen LogP contribution in [0, 0.1) is 11.3 Å². The Balaban J connectivity index is 1.83. The second-order valence-corrected chi connectivity index (χ2v) is 6.66. The minimum atomic E-state index is -0.109. The Morgan fingerprint density at radius 3 is 2.81 bits per heavy atom. The van der Waals surface area contributed by atoms with E-state index < -0.39 is 0 Å². The van der Waals surface area contributed by atoms with Crippen LogP contribution in [-0.2, 0) is 0 Å². The number of aliphatic hydroxyl groups is 1. The number of ether oxygens (including phenoxy) is 2. The van der Waals surface area contributed by atoms with Gasteiger partial charge in [0.05, 0.1) is 20.3 Å². The normalized spacial score (nSPS) is 28.6. The maximum Gasteiger partial charge on any atom is 0.161 e. The van der Waals surface area contributed by atoms with Crippen molar-refractivity contribution < 1.29 is 14.6 Å². The Morgan fingerprint density at radius 2 is 2.14 bits per heavy atom. The first-order valence-electron chi connectivity index (χ1n) is 7.78. The van der Waals surface area contributed by atoms with Crippen molar-refractivity contribution >= 4 is 0 Å². The van der Waals surface area contributed by atoms with Crippen LogP contribution >= 0.6 is 0 Å². The first-order valence-corrected chi connectivity index (χ1v) is 7.78. The van der Waals surface area contributed by atoms with Gasteiger partial charge in [-0.05, 0) is 36.5 Å². The molecular formula is C17H25NO3. The third kappa shape index (κ3) is 3.01. The molecule has 21 heavy (non-hydrogen) atoms. The lowest BCUT2D eigenvalue weighted by Crippen LogP contribution is -2.29. The zero-order chi connectivity index (χ0) is 14.9. The van der Waals surface area contributed by atoms with Crippen LogP contribution < -0.4 is 14.8 Å². The Bertz CT molecular complexity index is 501.